The summed E-state index contributed by atoms with van der Waals surface area (Å²) in [6, 6.07) is 1.24. The Morgan fingerprint density at radius 1 is 1.57 bits per heavy atom. The molecule has 2 heterocycles. The van der Waals surface area contributed by atoms with Gasteiger partial charge in [0.1, 0.15) is 0 Å². The summed E-state index contributed by atoms with van der Waals surface area (Å²) in [7, 11) is 0. The van der Waals surface area contributed by atoms with Gasteiger partial charge in [-0.25, -0.2) is 0 Å². The normalized spacial score (nSPS) is 27.8. The highest BCUT2D eigenvalue weighted by Gasteiger charge is 2.16. The number of nitrogens with zero attached hydrogens (tertiary/aromatic N) is 2. The van der Waals surface area contributed by atoms with Crippen LogP contribution in [0.4, 0.5) is 0 Å². The van der Waals surface area contributed by atoms with Crippen molar-refractivity contribution < 1.29 is 0 Å². The highest BCUT2D eigenvalue weighted by molar-refractivity contribution is 4.91. The van der Waals surface area contributed by atoms with Gasteiger partial charge < -0.3 is 10.6 Å². The fraction of sp³-hybridized carbons (Fsp3) is 0.778. The molecule has 0 amide bonds. The number of aromatic amines is 1. The molecule has 14 heavy (non-hydrogen) atoms. The topological polar surface area (TPSA) is 65.6 Å². The van der Waals surface area contributed by atoms with Gasteiger partial charge in [0.05, 0.1) is 11.9 Å². The van der Waals surface area contributed by atoms with Crippen LogP contribution in [0.3, 0.4) is 0 Å². The van der Waals surface area contributed by atoms with Crippen LogP contribution in [0.1, 0.15) is 25.5 Å². The van der Waals surface area contributed by atoms with Crippen molar-refractivity contribution in [2.45, 2.75) is 38.4 Å². The molecule has 0 radical (unpaired) electrons. The second-order valence-corrected chi connectivity index (χ2v) is 3.93. The summed E-state index contributed by atoms with van der Waals surface area (Å²) in [6.45, 7) is 4.09. The molecule has 1 aromatic rings. The zero-order valence-electron chi connectivity index (χ0n) is 8.45. The van der Waals surface area contributed by atoms with Gasteiger partial charge >= 0.3 is 0 Å². The van der Waals surface area contributed by atoms with Crippen molar-refractivity contribution in [3.63, 3.8) is 0 Å². The first-order valence-electron chi connectivity index (χ1n) is 5.16. The maximum atomic E-state index is 4.00. The number of aromatic nitrogens is 3. The molecular formula is C9H17N5. The van der Waals surface area contributed by atoms with Crippen molar-refractivity contribution in [1.82, 2.24) is 26.0 Å². The minimum Gasteiger partial charge on any atom is -0.313 e. The van der Waals surface area contributed by atoms with E-state index in [4.69, 9.17) is 0 Å². The smallest absolute Gasteiger partial charge is 0.0962 e. The number of piperidine rings is 1. The van der Waals surface area contributed by atoms with Crippen molar-refractivity contribution in [3.8, 4) is 0 Å². The fourth-order valence-electron chi connectivity index (χ4n) is 1.73. The molecular weight excluding hydrogens is 178 g/mol. The van der Waals surface area contributed by atoms with Crippen molar-refractivity contribution in [3.05, 3.63) is 11.9 Å². The summed E-state index contributed by atoms with van der Waals surface area (Å²) in [4.78, 5) is 0. The van der Waals surface area contributed by atoms with Gasteiger partial charge in [-0.1, -0.05) is 0 Å². The van der Waals surface area contributed by atoms with Gasteiger partial charge in [0.25, 0.3) is 0 Å². The first-order chi connectivity index (χ1) is 6.84. The van der Waals surface area contributed by atoms with E-state index in [0.29, 0.717) is 12.1 Å². The Balaban J connectivity index is 1.71. The van der Waals surface area contributed by atoms with E-state index in [9.17, 15) is 0 Å². The van der Waals surface area contributed by atoms with Gasteiger partial charge in [-0.2, -0.15) is 15.4 Å². The minimum absolute atomic E-state index is 0.572. The van der Waals surface area contributed by atoms with Crippen LogP contribution in [0.2, 0.25) is 0 Å². The molecule has 2 atom stereocenters. The van der Waals surface area contributed by atoms with Crippen LogP contribution in [0.5, 0.6) is 0 Å². The molecule has 1 saturated heterocycles. The molecule has 0 aromatic carbocycles. The number of hydrogen-bond acceptors (Lipinski definition) is 4. The molecule has 0 bridgehead atoms. The summed E-state index contributed by atoms with van der Waals surface area (Å²) < 4.78 is 0. The van der Waals surface area contributed by atoms with Crippen molar-refractivity contribution >= 4 is 0 Å². The van der Waals surface area contributed by atoms with Gasteiger partial charge in [-0.05, 0) is 19.8 Å². The van der Waals surface area contributed by atoms with Crippen LogP contribution < -0.4 is 10.6 Å². The quantitative estimate of drug-likeness (QED) is 0.637. The Bertz CT molecular complexity index is 250. The molecule has 5 heteroatoms. The maximum Gasteiger partial charge on any atom is 0.0962 e. The molecule has 2 rings (SSSR count). The molecule has 1 aliphatic heterocycles. The Kier molecular flexibility index (Phi) is 3.10. The van der Waals surface area contributed by atoms with E-state index in [-0.39, 0.29) is 0 Å². The van der Waals surface area contributed by atoms with E-state index in [1.165, 1.54) is 12.8 Å². The third-order valence-corrected chi connectivity index (χ3v) is 2.70. The molecule has 1 aromatic heterocycles. The molecule has 0 aliphatic carbocycles. The number of H-pyrrole nitrogens is 1. The molecule has 3 N–H and O–H groups in total. The first-order valence-corrected chi connectivity index (χ1v) is 5.16. The summed E-state index contributed by atoms with van der Waals surface area (Å²) in [6.07, 6.45) is 4.24. The lowest BCUT2D eigenvalue weighted by molar-refractivity contribution is 0.337. The average Bonchev–Trinajstić information content (AvgIpc) is 2.70. The Morgan fingerprint density at radius 3 is 3.14 bits per heavy atom. The summed E-state index contributed by atoms with van der Waals surface area (Å²) in [5.74, 6) is 0. The van der Waals surface area contributed by atoms with Crippen molar-refractivity contribution in [1.29, 1.82) is 0 Å². The highest BCUT2D eigenvalue weighted by Crippen LogP contribution is 2.07. The summed E-state index contributed by atoms with van der Waals surface area (Å²) in [5.41, 5.74) is 0.976. The zero-order valence-corrected chi connectivity index (χ0v) is 8.45. The Hall–Kier alpha value is -0.940. The fourth-order valence-corrected chi connectivity index (χ4v) is 1.73. The molecule has 1 aliphatic rings. The third kappa shape index (κ3) is 2.52. The van der Waals surface area contributed by atoms with E-state index in [0.717, 1.165) is 18.8 Å². The van der Waals surface area contributed by atoms with Crippen molar-refractivity contribution in [2.75, 3.05) is 6.54 Å². The van der Waals surface area contributed by atoms with Crippen LogP contribution in [-0.2, 0) is 6.54 Å². The van der Waals surface area contributed by atoms with Crippen LogP contribution in [0, 0.1) is 0 Å². The molecule has 1 fully saturated rings. The van der Waals surface area contributed by atoms with Gasteiger partial charge in [-0.15, -0.1) is 0 Å². The lowest BCUT2D eigenvalue weighted by Crippen LogP contribution is -2.46. The molecule has 5 nitrogen and oxygen atoms in total. The average molecular weight is 195 g/mol. The Morgan fingerprint density at radius 2 is 2.50 bits per heavy atom. The van der Waals surface area contributed by atoms with Crippen LogP contribution >= 0.6 is 0 Å². The zero-order chi connectivity index (χ0) is 9.80. The lowest BCUT2D eigenvalue weighted by atomic mass is 10.0. The molecule has 78 valence electrons. The maximum absolute atomic E-state index is 4.00. The SMILES string of the molecule is CC1CCC(NCc2cn[nH]n2)CN1. The molecule has 0 spiro atoms. The monoisotopic (exact) mass is 195 g/mol. The van der Waals surface area contributed by atoms with Crippen LogP contribution in [-0.4, -0.2) is 34.0 Å². The molecule has 0 saturated carbocycles. The first kappa shape index (κ1) is 9.61. The lowest BCUT2D eigenvalue weighted by Gasteiger charge is -2.28. The Labute approximate surface area is 83.7 Å². The van der Waals surface area contributed by atoms with E-state index < -0.39 is 0 Å². The summed E-state index contributed by atoms with van der Waals surface area (Å²) >= 11 is 0. The second kappa shape index (κ2) is 4.52. The van der Waals surface area contributed by atoms with E-state index in [2.05, 4.69) is 33.0 Å². The van der Waals surface area contributed by atoms with E-state index >= 15 is 0 Å². The predicted octanol–water partition coefficient (Wildman–Crippen LogP) is 0.0348. The number of nitrogens with one attached hydrogen (secondary N) is 3. The van der Waals surface area contributed by atoms with E-state index in [1.54, 1.807) is 6.20 Å². The molecule has 2 unspecified atom stereocenters. The van der Waals surface area contributed by atoms with Gasteiger partial charge in [-0.3, -0.25) is 0 Å². The van der Waals surface area contributed by atoms with Gasteiger partial charge in [0.15, 0.2) is 0 Å². The summed E-state index contributed by atoms with van der Waals surface area (Å²) in [5, 5.41) is 17.3. The largest absolute Gasteiger partial charge is 0.313 e. The number of hydrogen-bond donors (Lipinski definition) is 3. The predicted molar refractivity (Wildman–Crippen MR) is 53.7 cm³/mol. The van der Waals surface area contributed by atoms with Crippen LogP contribution in [0.25, 0.3) is 0 Å². The van der Waals surface area contributed by atoms with Gasteiger partial charge in [0, 0.05) is 25.2 Å². The standard InChI is InChI=1S/C9H17N5/c1-7-2-3-8(4-10-7)11-5-9-6-12-14-13-9/h6-8,10-11H,2-5H2,1H3,(H,12,13,14). The van der Waals surface area contributed by atoms with E-state index in [1.807, 2.05) is 0 Å². The third-order valence-electron chi connectivity index (χ3n) is 2.70. The van der Waals surface area contributed by atoms with Gasteiger partial charge in [0.2, 0.25) is 0 Å². The minimum atomic E-state index is 0.572. The highest BCUT2D eigenvalue weighted by atomic mass is 15.3. The number of rotatable bonds is 3. The second-order valence-electron chi connectivity index (χ2n) is 3.93. The van der Waals surface area contributed by atoms with Crippen LogP contribution in [0.15, 0.2) is 6.20 Å². The van der Waals surface area contributed by atoms with Crippen molar-refractivity contribution in [2.24, 2.45) is 0 Å².